The van der Waals surface area contributed by atoms with Crippen LogP contribution in [0.3, 0.4) is 0 Å². The Labute approximate surface area is 181 Å². The highest BCUT2D eigenvalue weighted by atomic mass is 35.5. The summed E-state index contributed by atoms with van der Waals surface area (Å²) in [6, 6.07) is 27.5. The van der Waals surface area contributed by atoms with Gasteiger partial charge >= 0.3 is 0 Å². The van der Waals surface area contributed by atoms with E-state index in [4.69, 9.17) is 16.9 Å². The summed E-state index contributed by atoms with van der Waals surface area (Å²) in [4.78, 5) is 17.2. The Kier molecular flexibility index (Phi) is 6.13. The molecule has 1 heterocycles. The van der Waals surface area contributed by atoms with Gasteiger partial charge in [-0.05, 0) is 41.5 Å². The first kappa shape index (κ1) is 20.2. The SMILES string of the molecule is N#Cc1cccc(C(=O)N2CCN([C@@H](c3ccccc3)c3ccc(Cl)cc3)CC2)c1. The van der Waals surface area contributed by atoms with Crippen LogP contribution in [0.2, 0.25) is 5.02 Å². The number of carbonyl (C=O) groups excluding carboxylic acids is 1. The molecule has 0 saturated carbocycles. The summed E-state index contributed by atoms with van der Waals surface area (Å²) < 4.78 is 0. The molecule has 1 atom stereocenters. The van der Waals surface area contributed by atoms with Gasteiger partial charge in [0.05, 0.1) is 17.7 Å². The second kappa shape index (κ2) is 9.13. The third kappa shape index (κ3) is 4.38. The van der Waals surface area contributed by atoms with Crippen molar-refractivity contribution in [3.05, 3.63) is 106 Å². The summed E-state index contributed by atoms with van der Waals surface area (Å²) in [5.41, 5.74) is 3.49. The van der Waals surface area contributed by atoms with E-state index < -0.39 is 0 Å². The van der Waals surface area contributed by atoms with Gasteiger partial charge in [-0.15, -0.1) is 0 Å². The van der Waals surface area contributed by atoms with Gasteiger partial charge in [0.15, 0.2) is 0 Å². The lowest BCUT2D eigenvalue weighted by Gasteiger charge is -2.39. The van der Waals surface area contributed by atoms with Crippen molar-refractivity contribution in [3.63, 3.8) is 0 Å². The van der Waals surface area contributed by atoms with E-state index in [-0.39, 0.29) is 11.9 Å². The van der Waals surface area contributed by atoms with E-state index >= 15 is 0 Å². The Hall–Kier alpha value is -3.13. The monoisotopic (exact) mass is 415 g/mol. The molecular weight excluding hydrogens is 394 g/mol. The second-order valence-electron chi connectivity index (χ2n) is 7.39. The maximum Gasteiger partial charge on any atom is 0.253 e. The minimum Gasteiger partial charge on any atom is -0.336 e. The van der Waals surface area contributed by atoms with E-state index in [1.54, 1.807) is 24.3 Å². The topological polar surface area (TPSA) is 47.3 Å². The molecule has 5 heteroatoms. The van der Waals surface area contributed by atoms with E-state index in [1.807, 2.05) is 23.1 Å². The summed E-state index contributed by atoms with van der Waals surface area (Å²) in [5.74, 6) is -0.0190. The molecule has 1 amide bonds. The highest BCUT2D eigenvalue weighted by Crippen LogP contribution is 2.30. The van der Waals surface area contributed by atoms with E-state index in [0.29, 0.717) is 24.2 Å². The lowest BCUT2D eigenvalue weighted by Crippen LogP contribution is -2.49. The molecule has 150 valence electrons. The highest BCUT2D eigenvalue weighted by molar-refractivity contribution is 6.30. The average Bonchev–Trinajstić information content (AvgIpc) is 2.81. The zero-order valence-corrected chi connectivity index (χ0v) is 17.3. The van der Waals surface area contributed by atoms with Gasteiger partial charge in [0, 0.05) is 36.8 Å². The molecule has 3 aromatic carbocycles. The fourth-order valence-corrected chi connectivity index (χ4v) is 4.11. The number of hydrogen-bond donors (Lipinski definition) is 0. The Balaban J connectivity index is 1.52. The van der Waals surface area contributed by atoms with Gasteiger partial charge in [-0.3, -0.25) is 9.69 Å². The van der Waals surface area contributed by atoms with Gasteiger partial charge < -0.3 is 4.90 Å². The predicted molar refractivity (Wildman–Crippen MR) is 118 cm³/mol. The second-order valence-corrected chi connectivity index (χ2v) is 7.82. The van der Waals surface area contributed by atoms with Gasteiger partial charge in [0.1, 0.15) is 0 Å². The van der Waals surface area contributed by atoms with E-state index in [0.717, 1.165) is 18.1 Å². The summed E-state index contributed by atoms with van der Waals surface area (Å²) >= 11 is 6.10. The zero-order valence-electron chi connectivity index (χ0n) is 16.5. The van der Waals surface area contributed by atoms with Crippen molar-refractivity contribution in [3.8, 4) is 6.07 Å². The van der Waals surface area contributed by atoms with Crippen molar-refractivity contribution in [1.29, 1.82) is 5.26 Å². The Bertz CT molecular complexity index is 1050. The van der Waals surface area contributed by atoms with Crippen LogP contribution >= 0.6 is 11.6 Å². The van der Waals surface area contributed by atoms with Crippen LogP contribution in [0.1, 0.15) is 33.1 Å². The average molecular weight is 416 g/mol. The number of hydrogen-bond acceptors (Lipinski definition) is 3. The molecule has 1 aliphatic rings. The minimum atomic E-state index is -0.0190. The van der Waals surface area contributed by atoms with Crippen LogP contribution in [0.4, 0.5) is 0 Å². The van der Waals surface area contributed by atoms with Crippen LogP contribution in [-0.2, 0) is 0 Å². The molecule has 30 heavy (non-hydrogen) atoms. The number of nitrogens with zero attached hydrogens (tertiary/aromatic N) is 3. The van der Waals surface area contributed by atoms with Crippen LogP contribution in [0.25, 0.3) is 0 Å². The number of piperazine rings is 1. The molecule has 0 N–H and O–H groups in total. The van der Waals surface area contributed by atoms with Gasteiger partial charge in [0.25, 0.3) is 5.91 Å². The van der Waals surface area contributed by atoms with Gasteiger partial charge in [-0.1, -0.05) is 60.1 Å². The van der Waals surface area contributed by atoms with E-state index in [9.17, 15) is 4.79 Å². The normalized spacial score (nSPS) is 15.4. The Morgan fingerprint density at radius 3 is 2.20 bits per heavy atom. The summed E-state index contributed by atoms with van der Waals surface area (Å²) in [5, 5.41) is 9.82. The largest absolute Gasteiger partial charge is 0.336 e. The van der Waals surface area contributed by atoms with E-state index in [1.165, 1.54) is 11.1 Å². The standard InChI is InChI=1S/C25H22ClN3O/c26-23-11-9-21(10-12-23)24(20-6-2-1-3-7-20)28-13-15-29(16-14-28)25(30)22-8-4-5-19(17-22)18-27/h1-12,17,24H,13-16H2/t24-/m0/s1. The van der Waals surface area contributed by atoms with Crippen LogP contribution in [-0.4, -0.2) is 41.9 Å². The number of carbonyl (C=O) groups is 1. The van der Waals surface area contributed by atoms with Gasteiger partial charge in [0.2, 0.25) is 0 Å². The molecule has 1 fully saturated rings. The molecule has 0 aromatic heterocycles. The fourth-order valence-electron chi connectivity index (χ4n) is 3.98. The summed E-state index contributed by atoms with van der Waals surface area (Å²) in [6.07, 6.45) is 0. The number of nitriles is 1. The molecule has 3 aromatic rings. The first-order chi connectivity index (χ1) is 14.7. The number of halogens is 1. The maximum absolute atomic E-state index is 12.9. The summed E-state index contributed by atoms with van der Waals surface area (Å²) in [6.45, 7) is 2.83. The predicted octanol–water partition coefficient (Wildman–Crippen LogP) is 4.76. The number of rotatable bonds is 4. The molecule has 0 radical (unpaired) electrons. The first-order valence-electron chi connectivity index (χ1n) is 9.99. The molecular formula is C25H22ClN3O. The molecule has 0 spiro atoms. The molecule has 0 aliphatic carbocycles. The number of benzene rings is 3. The van der Waals surface area contributed by atoms with Crippen molar-refractivity contribution in [2.24, 2.45) is 0 Å². The third-order valence-electron chi connectivity index (χ3n) is 5.51. The zero-order chi connectivity index (χ0) is 20.9. The maximum atomic E-state index is 12.9. The summed E-state index contributed by atoms with van der Waals surface area (Å²) in [7, 11) is 0. The lowest BCUT2D eigenvalue weighted by atomic mass is 9.96. The Morgan fingerprint density at radius 2 is 1.53 bits per heavy atom. The van der Waals surface area contributed by atoms with Crippen LogP contribution in [0.15, 0.2) is 78.9 Å². The van der Waals surface area contributed by atoms with Crippen LogP contribution in [0, 0.1) is 11.3 Å². The molecule has 1 aliphatic heterocycles. The van der Waals surface area contributed by atoms with Crippen LogP contribution in [0.5, 0.6) is 0 Å². The van der Waals surface area contributed by atoms with Crippen molar-refractivity contribution in [2.45, 2.75) is 6.04 Å². The van der Waals surface area contributed by atoms with Crippen molar-refractivity contribution in [2.75, 3.05) is 26.2 Å². The molecule has 4 nitrogen and oxygen atoms in total. The quantitative estimate of drug-likeness (QED) is 0.617. The first-order valence-corrected chi connectivity index (χ1v) is 10.4. The smallest absolute Gasteiger partial charge is 0.253 e. The molecule has 0 unspecified atom stereocenters. The fraction of sp³-hybridized carbons (Fsp3) is 0.200. The Morgan fingerprint density at radius 1 is 0.867 bits per heavy atom. The lowest BCUT2D eigenvalue weighted by molar-refractivity contribution is 0.0597. The van der Waals surface area contributed by atoms with Crippen molar-refractivity contribution in [1.82, 2.24) is 9.80 Å². The third-order valence-corrected chi connectivity index (χ3v) is 5.76. The number of amides is 1. The van der Waals surface area contributed by atoms with Crippen LogP contribution < -0.4 is 0 Å². The molecule has 4 rings (SSSR count). The van der Waals surface area contributed by atoms with Crippen molar-refractivity contribution >= 4 is 17.5 Å². The van der Waals surface area contributed by atoms with Gasteiger partial charge in [-0.2, -0.15) is 5.26 Å². The molecule has 0 bridgehead atoms. The minimum absolute atomic E-state index is 0.0190. The van der Waals surface area contributed by atoms with Crippen molar-refractivity contribution < 1.29 is 4.79 Å². The van der Waals surface area contributed by atoms with Gasteiger partial charge in [-0.25, -0.2) is 0 Å². The molecule has 1 saturated heterocycles. The highest BCUT2D eigenvalue weighted by Gasteiger charge is 2.28. The van der Waals surface area contributed by atoms with E-state index in [2.05, 4.69) is 47.4 Å².